The average Bonchev–Trinajstić information content (AvgIpc) is 2.56. The Kier molecular flexibility index (Phi) is 6.34. The van der Waals surface area contributed by atoms with Gasteiger partial charge in [-0.15, -0.1) is 0 Å². The van der Waals surface area contributed by atoms with Crippen molar-refractivity contribution in [2.24, 2.45) is 0 Å². The van der Waals surface area contributed by atoms with Crippen LogP contribution in [0.1, 0.15) is 13.8 Å². The van der Waals surface area contributed by atoms with Crippen molar-refractivity contribution in [3.05, 3.63) is 54.1 Å². The number of nitrogens with zero attached hydrogens (tertiary/aromatic N) is 1. The first kappa shape index (κ1) is 21.3. The lowest BCUT2D eigenvalue weighted by Gasteiger charge is -2.28. The minimum atomic E-state index is -3.98. The number of hydrogen-bond donors (Lipinski definition) is 2. The Morgan fingerprint density at radius 1 is 1.00 bits per heavy atom. The van der Waals surface area contributed by atoms with E-state index in [0.717, 1.165) is 18.4 Å². The second-order valence-electron chi connectivity index (χ2n) is 6.08. The van der Waals surface area contributed by atoms with Gasteiger partial charge in [0.1, 0.15) is 6.04 Å². The number of nitrogens with one attached hydrogen (secondary N) is 2. The molecule has 0 saturated carbocycles. The van der Waals surface area contributed by atoms with Gasteiger partial charge in [-0.25, -0.2) is 17.2 Å². The third-order valence-electron chi connectivity index (χ3n) is 3.70. The summed E-state index contributed by atoms with van der Waals surface area (Å²) in [5.41, 5.74) is 0.580. The molecule has 28 heavy (non-hydrogen) atoms. The molecule has 0 spiro atoms. The summed E-state index contributed by atoms with van der Waals surface area (Å²) < 4.78 is 51.8. The van der Waals surface area contributed by atoms with E-state index in [1.165, 1.54) is 19.9 Å². The molecule has 1 atom stereocenters. The molecule has 150 valence electrons. The third kappa shape index (κ3) is 5.26. The van der Waals surface area contributed by atoms with Crippen molar-refractivity contribution >= 4 is 38.9 Å². The number of amides is 2. The van der Waals surface area contributed by atoms with E-state index in [0.29, 0.717) is 21.7 Å². The van der Waals surface area contributed by atoms with Crippen LogP contribution in [0.5, 0.6) is 0 Å². The van der Waals surface area contributed by atoms with Crippen LogP contribution in [-0.4, -0.2) is 32.5 Å². The zero-order valence-electron chi connectivity index (χ0n) is 15.4. The van der Waals surface area contributed by atoms with Crippen molar-refractivity contribution in [3.63, 3.8) is 0 Å². The first-order valence-corrected chi connectivity index (χ1v) is 9.97. The van der Waals surface area contributed by atoms with Crippen LogP contribution in [0.2, 0.25) is 0 Å². The van der Waals surface area contributed by atoms with E-state index in [-0.39, 0.29) is 11.6 Å². The molecule has 0 radical (unpaired) electrons. The zero-order chi connectivity index (χ0) is 21.1. The number of rotatable bonds is 6. The molecule has 2 rings (SSSR count). The van der Waals surface area contributed by atoms with Crippen LogP contribution in [0.15, 0.2) is 42.5 Å². The topological polar surface area (TPSA) is 95.6 Å². The number of carbonyl (C=O) groups is 2. The van der Waals surface area contributed by atoms with Gasteiger partial charge in [-0.1, -0.05) is 6.07 Å². The summed E-state index contributed by atoms with van der Waals surface area (Å²) in [4.78, 5) is 23.7. The number of anilines is 3. The number of hydrogen-bond acceptors (Lipinski definition) is 4. The summed E-state index contributed by atoms with van der Waals surface area (Å²) >= 11 is 0. The SMILES string of the molecule is CC(=O)Nc1cccc(NC(=O)[C@H](C)N(c2ccc(F)c(F)c2)S(C)(=O)=O)c1. The molecule has 0 aliphatic heterocycles. The molecule has 0 fully saturated rings. The molecule has 0 bridgehead atoms. The lowest BCUT2D eigenvalue weighted by molar-refractivity contribution is -0.117. The van der Waals surface area contributed by atoms with E-state index in [1.54, 1.807) is 18.2 Å². The molecule has 0 saturated heterocycles. The minimum absolute atomic E-state index is 0.184. The highest BCUT2D eigenvalue weighted by molar-refractivity contribution is 7.92. The maximum Gasteiger partial charge on any atom is 0.247 e. The maximum absolute atomic E-state index is 13.6. The van der Waals surface area contributed by atoms with Gasteiger partial charge in [0.2, 0.25) is 21.8 Å². The van der Waals surface area contributed by atoms with Gasteiger partial charge in [-0.3, -0.25) is 13.9 Å². The molecule has 0 aliphatic rings. The fourth-order valence-electron chi connectivity index (χ4n) is 2.56. The smallest absolute Gasteiger partial charge is 0.247 e. The van der Waals surface area contributed by atoms with Crippen LogP contribution in [0.25, 0.3) is 0 Å². The fourth-order valence-corrected chi connectivity index (χ4v) is 3.72. The van der Waals surface area contributed by atoms with Crippen molar-refractivity contribution in [1.29, 1.82) is 0 Å². The van der Waals surface area contributed by atoms with E-state index in [9.17, 15) is 26.8 Å². The first-order valence-electron chi connectivity index (χ1n) is 8.12. The van der Waals surface area contributed by atoms with E-state index in [1.807, 2.05) is 0 Å². The Morgan fingerprint density at radius 3 is 2.14 bits per heavy atom. The predicted molar refractivity (Wildman–Crippen MR) is 103 cm³/mol. The van der Waals surface area contributed by atoms with Crippen LogP contribution in [0.4, 0.5) is 25.8 Å². The summed E-state index contributed by atoms with van der Waals surface area (Å²) in [6.45, 7) is 2.65. The van der Waals surface area contributed by atoms with Crippen molar-refractivity contribution in [2.75, 3.05) is 21.2 Å². The van der Waals surface area contributed by atoms with Crippen LogP contribution in [0.3, 0.4) is 0 Å². The Hall–Kier alpha value is -3.01. The third-order valence-corrected chi connectivity index (χ3v) is 4.94. The summed E-state index contributed by atoms with van der Waals surface area (Å²) in [7, 11) is -3.98. The number of carbonyl (C=O) groups excluding carboxylic acids is 2. The molecular formula is C18H19F2N3O4S. The fraction of sp³-hybridized carbons (Fsp3) is 0.222. The minimum Gasteiger partial charge on any atom is -0.326 e. The first-order chi connectivity index (χ1) is 13.0. The molecule has 0 unspecified atom stereocenters. The molecular weight excluding hydrogens is 392 g/mol. The number of benzene rings is 2. The van der Waals surface area contributed by atoms with Crippen molar-refractivity contribution in [1.82, 2.24) is 0 Å². The summed E-state index contributed by atoms with van der Waals surface area (Å²) in [5, 5.41) is 5.10. The number of halogens is 2. The standard InChI is InChI=1S/C18H19F2N3O4S/c1-11(18(25)22-14-6-4-5-13(9-14)21-12(2)24)23(28(3,26)27)15-7-8-16(19)17(20)10-15/h4-11H,1-3H3,(H,21,24)(H,22,25)/t11-/m0/s1. The van der Waals surface area contributed by atoms with Crippen molar-refractivity contribution < 1.29 is 26.8 Å². The molecule has 7 nitrogen and oxygen atoms in total. The van der Waals surface area contributed by atoms with Gasteiger partial charge < -0.3 is 10.6 Å². The molecule has 0 aromatic heterocycles. The average molecular weight is 411 g/mol. The molecule has 0 aliphatic carbocycles. The van der Waals surface area contributed by atoms with Gasteiger partial charge in [0, 0.05) is 24.4 Å². The van der Waals surface area contributed by atoms with Gasteiger partial charge in [-0.2, -0.15) is 0 Å². The van der Waals surface area contributed by atoms with Gasteiger partial charge >= 0.3 is 0 Å². The monoisotopic (exact) mass is 411 g/mol. The molecule has 0 heterocycles. The van der Waals surface area contributed by atoms with Crippen molar-refractivity contribution in [3.8, 4) is 0 Å². The van der Waals surface area contributed by atoms with Crippen molar-refractivity contribution in [2.45, 2.75) is 19.9 Å². The summed E-state index contributed by atoms with van der Waals surface area (Å²) in [6, 6.07) is 7.55. The van der Waals surface area contributed by atoms with Crippen LogP contribution >= 0.6 is 0 Å². The van der Waals surface area contributed by atoms with Gasteiger partial charge in [-0.05, 0) is 37.3 Å². The number of sulfonamides is 1. The quantitative estimate of drug-likeness (QED) is 0.764. The van der Waals surface area contributed by atoms with Gasteiger partial charge in [0.25, 0.3) is 0 Å². The zero-order valence-corrected chi connectivity index (χ0v) is 16.2. The normalized spacial score (nSPS) is 12.2. The van der Waals surface area contributed by atoms with E-state index < -0.39 is 33.6 Å². The lowest BCUT2D eigenvalue weighted by atomic mass is 10.2. The molecule has 2 N–H and O–H groups in total. The maximum atomic E-state index is 13.6. The molecule has 2 amide bonds. The Balaban J connectivity index is 2.29. The predicted octanol–water partition coefficient (Wildman–Crippen LogP) is 2.72. The Bertz CT molecular complexity index is 1010. The van der Waals surface area contributed by atoms with Gasteiger partial charge in [0.05, 0.1) is 11.9 Å². The van der Waals surface area contributed by atoms with E-state index in [2.05, 4.69) is 10.6 Å². The van der Waals surface area contributed by atoms with Crippen LogP contribution < -0.4 is 14.9 Å². The highest BCUT2D eigenvalue weighted by Crippen LogP contribution is 2.24. The second-order valence-corrected chi connectivity index (χ2v) is 7.94. The highest BCUT2D eigenvalue weighted by atomic mass is 32.2. The summed E-state index contributed by atoms with van der Waals surface area (Å²) in [5.74, 6) is -3.36. The van der Waals surface area contributed by atoms with Crippen LogP contribution in [-0.2, 0) is 19.6 Å². The molecule has 2 aromatic rings. The largest absolute Gasteiger partial charge is 0.326 e. The molecule has 10 heteroatoms. The summed E-state index contributed by atoms with van der Waals surface area (Å²) in [6.07, 6.45) is 0.857. The van der Waals surface area contributed by atoms with E-state index >= 15 is 0 Å². The Labute approximate surface area is 161 Å². The highest BCUT2D eigenvalue weighted by Gasteiger charge is 2.29. The van der Waals surface area contributed by atoms with Crippen LogP contribution in [0, 0.1) is 11.6 Å². The lowest BCUT2D eigenvalue weighted by Crippen LogP contribution is -2.45. The Morgan fingerprint density at radius 2 is 1.61 bits per heavy atom. The second kappa shape index (κ2) is 8.34. The van der Waals surface area contributed by atoms with E-state index in [4.69, 9.17) is 0 Å². The molecule has 2 aromatic carbocycles. The van der Waals surface area contributed by atoms with Gasteiger partial charge in [0.15, 0.2) is 11.6 Å².